The van der Waals surface area contributed by atoms with E-state index in [0.29, 0.717) is 17.4 Å². The van der Waals surface area contributed by atoms with E-state index >= 15 is 0 Å². The number of aromatic nitrogens is 3. The molecule has 0 bridgehead atoms. The Bertz CT molecular complexity index is 1170. The summed E-state index contributed by atoms with van der Waals surface area (Å²) in [5.74, 6) is 1.12. The number of methoxy groups -OCH3 is 1. The molecule has 0 saturated carbocycles. The van der Waals surface area contributed by atoms with Crippen LogP contribution in [0.3, 0.4) is 0 Å². The molecule has 2 amide bonds. The maximum absolute atomic E-state index is 12.8. The largest absolute Gasteiger partial charge is 0.481 e. The first-order valence-corrected chi connectivity index (χ1v) is 11.2. The van der Waals surface area contributed by atoms with Gasteiger partial charge in [0.2, 0.25) is 5.88 Å². The number of amides is 2. The van der Waals surface area contributed by atoms with Crippen molar-refractivity contribution in [1.82, 2.24) is 19.7 Å². The van der Waals surface area contributed by atoms with Crippen molar-refractivity contribution in [1.29, 1.82) is 0 Å². The molecule has 0 radical (unpaired) electrons. The van der Waals surface area contributed by atoms with Crippen LogP contribution in [0.15, 0.2) is 47.9 Å². The zero-order valence-corrected chi connectivity index (χ0v) is 18.9. The van der Waals surface area contributed by atoms with Crippen LogP contribution in [0, 0.1) is 0 Å². The number of nitrogens with one attached hydrogen (secondary N) is 2. The third-order valence-corrected chi connectivity index (χ3v) is 6.19. The monoisotopic (exact) mass is 452 g/mol. The van der Waals surface area contributed by atoms with E-state index in [1.807, 2.05) is 32.3 Å². The lowest BCUT2D eigenvalue weighted by Crippen LogP contribution is -2.31. The fourth-order valence-electron chi connectivity index (χ4n) is 3.65. The molecule has 32 heavy (non-hydrogen) atoms. The second kappa shape index (κ2) is 9.31. The minimum Gasteiger partial charge on any atom is -0.481 e. The Balaban J connectivity index is 1.58. The minimum absolute atomic E-state index is 0.170. The van der Waals surface area contributed by atoms with Gasteiger partial charge in [0.1, 0.15) is 5.82 Å². The molecule has 1 aromatic carbocycles. The molecule has 10 heteroatoms. The van der Waals surface area contributed by atoms with Crippen LogP contribution in [0.1, 0.15) is 17.5 Å². The van der Waals surface area contributed by atoms with Gasteiger partial charge in [0.25, 0.3) is 0 Å². The molecule has 1 atom stereocenters. The Labute approximate surface area is 188 Å². The Morgan fingerprint density at radius 2 is 1.97 bits per heavy atom. The van der Waals surface area contributed by atoms with E-state index in [9.17, 15) is 9.00 Å². The lowest BCUT2D eigenvalue weighted by atomic mass is 9.98. The summed E-state index contributed by atoms with van der Waals surface area (Å²) in [4.78, 5) is 27.0. The Hall–Kier alpha value is -3.53. The maximum atomic E-state index is 12.8. The fraction of sp³-hybridized carbons (Fsp3) is 0.273. The zero-order chi connectivity index (χ0) is 22.7. The molecule has 166 valence electrons. The van der Waals surface area contributed by atoms with Crippen LogP contribution >= 0.6 is 0 Å². The third-order valence-electron chi connectivity index (χ3n) is 5.22. The topological polar surface area (TPSA) is 109 Å². The number of hydrogen-bond donors (Lipinski definition) is 2. The van der Waals surface area contributed by atoms with E-state index in [4.69, 9.17) is 4.74 Å². The van der Waals surface area contributed by atoms with Gasteiger partial charge in [-0.15, -0.1) is 0 Å². The number of nitrogens with zero attached hydrogens (tertiary/aromatic N) is 4. The molecule has 9 nitrogen and oxygen atoms in total. The number of carbonyl (C=O) groups is 1. The van der Waals surface area contributed by atoms with Gasteiger partial charge in [0.05, 0.1) is 25.2 Å². The van der Waals surface area contributed by atoms with E-state index in [-0.39, 0.29) is 5.03 Å². The van der Waals surface area contributed by atoms with Crippen molar-refractivity contribution in [3.63, 3.8) is 0 Å². The summed E-state index contributed by atoms with van der Waals surface area (Å²) in [6.07, 6.45) is 7.41. The number of pyridine rings is 1. The molecular weight excluding hydrogens is 428 g/mol. The van der Waals surface area contributed by atoms with Crippen molar-refractivity contribution in [2.45, 2.75) is 24.3 Å². The van der Waals surface area contributed by atoms with Crippen LogP contribution < -0.4 is 19.7 Å². The number of urea groups is 1. The highest BCUT2D eigenvalue weighted by molar-refractivity contribution is 7.83. The van der Waals surface area contributed by atoms with Gasteiger partial charge in [-0.05, 0) is 42.0 Å². The fourth-order valence-corrected chi connectivity index (χ4v) is 4.27. The predicted molar refractivity (Wildman–Crippen MR) is 123 cm³/mol. The minimum atomic E-state index is -1.85. The van der Waals surface area contributed by atoms with E-state index in [1.54, 1.807) is 18.2 Å². The number of anilines is 2. The third kappa shape index (κ3) is 4.54. The van der Waals surface area contributed by atoms with E-state index in [1.165, 1.54) is 18.0 Å². The lowest BCUT2D eigenvalue weighted by Gasteiger charge is -2.17. The molecule has 1 unspecified atom stereocenters. The van der Waals surface area contributed by atoms with E-state index in [2.05, 4.69) is 31.1 Å². The van der Waals surface area contributed by atoms with E-state index < -0.39 is 17.0 Å². The summed E-state index contributed by atoms with van der Waals surface area (Å²) < 4.78 is 20.3. The van der Waals surface area contributed by atoms with Crippen LogP contribution in [-0.4, -0.2) is 46.4 Å². The second-order valence-electron chi connectivity index (χ2n) is 7.50. The smallest absolute Gasteiger partial charge is 0.331 e. The van der Waals surface area contributed by atoms with Crippen molar-refractivity contribution >= 4 is 28.5 Å². The highest BCUT2D eigenvalue weighted by Gasteiger charge is 2.21. The van der Waals surface area contributed by atoms with Crippen LogP contribution in [0.25, 0.3) is 11.1 Å². The molecule has 0 saturated heterocycles. The number of fused-ring (bicyclic) bond motifs is 1. The van der Waals surface area contributed by atoms with Crippen molar-refractivity contribution in [2.75, 3.05) is 31.4 Å². The summed E-state index contributed by atoms with van der Waals surface area (Å²) in [6.45, 7) is 0. The molecule has 0 fully saturated rings. The Morgan fingerprint density at radius 1 is 1.12 bits per heavy atom. The number of rotatable bonds is 6. The van der Waals surface area contributed by atoms with Gasteiger partial charge < -0.3 is 15.0 Å². The van der Waals surface area contributed by atoms with Crippen LogP contribution in [0.5, 0.6) is 5.88 Å². The van der Waals surface area contributed by atoms with Crippen molar-refractivity contribution in [3.8, 4) is 17.0 Å². The molecule has 0 aliphatic heterocycles. The lowest BCUT2D eigenvalue weighted by molar-refractivity contribution is 0.257. The summed E-state index contributed by atoms with van der Waals surface area (Å²) in [7, 11) is 3.38. The summed E-state index contributed by atoms with van der Waals surface area (Å²) in [5, 5.41) is 3.09. The number of hydrogen-bond acceptors (Lipinski definition) is 7. The maximum Gasteiger partial charge on any atom is 0.331 e. The summed E-state index contributed by atoms with van der Waals surface area (Å²) >= 11 is 0. The SMILES string of the molecule is COc1cc(-c2ccc3c(c2NC(=O)NS(=O)c2cnc(N(C)C)cn2)CCC3)ccn1. The molecular formula is C22H24N6O3S. The van der Waals surface area contributed by atoms with Crippen LogP contribution in [0.4, 0.5) is 16.3 Å². The van der Waals surface area contributed by atoms with Gasteiger partial charge in [-0.1, -0.05) is 12.1 Å². The molecule has 1 aliphatic rings. The number of carbonyl (C=O) groups excluding carboxylic acids is 1. The average molecular weight is 453 g/mol. The van der Waals surface area contributed by atoms with E-state index in [0.717, 1.165) is 36.0 Å². The first-order chi connectivity index (χ1) is 15.5. The van der Waals surface area contributed by atoms with Crippen molar-refractivity contribution in [2.24, 2.45) is 0 Å². The number of benzene rings is 1. The quantitative estimate of drug-likeness (QED) is 0.592. The van der Waals surface area contributed by atoms with Gasteiger partial charge in [-0.3, -0.25) is 4.72 Å². The summed E-state index contributed by atoms with van der Waals surface area (Å²) in [5.41, 5.74) is 4.72. The highest BCUT2D eigenvalue weighted by Crippen LogP contribution is 2.38. The molecule has 0 spiro atoms. The number of aryl methyl sites for hydroxylation is 1. The van der Waals surface area contributed by atoms with Crippen molar-refractivity contribution in [3.05, 3.63) is 54.0 Å². The molecule has 1 aliphatic carbocycles. The molecule has 2 N–H and O–H groups in total. The van der Waals surface area contributed by atoms with Gasteiger partial charge in [-0.25, -0.2) is 24.0 Å². The predicted octanol–water partition coefficient (Wildman–Crippen LogP) is 2.95. The normalized spacial score (nSPS) is 13.2. The standard InChI is InChI=1S/C22H24N6O3S/c1-28(2)18-12-25-20(13-24-18)32(30)27-22(29)26-21-16-6-4-5-14(16)7-8-17(21)15-9-10-23-19(11-15)31-3/h7-13H,4-6H2,1-3H3,(H2,26,27,29). The van der Waals surface area contributed by atoms with Gasteiger partial charge in [-0.2, -0.15) is 0 Å². The first-order valence-electron chi connectivity index (χ1n) is 10.1. The Morgan fingerprint density at radius 3 is 2.69 bits per heavy atom. The molecule has 4 rings (SSSR count). The van der Waals surface area contributed by atoms with Crippen molar-refractivity contribution < 1.29 is 13.7 Å². The molecule has 3 aromatic rings. The van der Waals surface area contributed by atoms with Gasteiger partial charge in [0.15, 0.2) is 16.0 Å². The molecule has 2 heterocycles. The zero-order valence-electron chi connectivity index (χ0n) is 18.1. The van der Waals surface area contributed by atoms with Gasteiger partial charge in [0, 0.05) is 31.9 Å². The Kier molecular flexibility index (Phi) is 6.31. The highest BCUT2D eigenvalue weighted by atomic mass is 32.2. The van der Waals surface area contributed by atoms with Crippen LogP contribution in [-0.2, 0) is 23.8 Å². The molecule has 2 aromatic heterocycles. The van der Waals surface area contributed by atoms with Gasteiger partial charge >= 0.3 is 6.03 Å². The van der Waals surface area contributed by atoms with Crippen LogP contribution in [0.2, 0.25) is 0 Å². The summed E-state index contributed by atoms with van der Waals surface area (Å²) in [6, 6.07) is 7.18. The first kappa shape index (κ1) is 21.7. The number of ether oxygens (including phenoxy) is 1. The average Bonchev–Trinajstić information content (AvgIpc) is 3.28. The second-order valence-corrected chi connectivity index (χ2v) is 8.66.